The lowest BCUT2D eigenvalue weighted by molar-refractivity contribution is 0.329. The van der Waals surface area contributed by atoms with Gasteiger partial charge in [-0.05, 0) is 126 Å². The number of aryl methyl sites for hydroxylation is 4. The first kappa shape index (κ1) is 53.0. The predicted molar refractivity (Wildman–Crippen MR) is 259 cm³/mol. The molecule has 0 heterocycles. The van der Waals surface area contributed by atoms with Gasteiger partial charge in [-0.2, -0.15) is 50.5 Å². The van der Waals surface area contributed by atoms with E-state index in [2.05, 4.69) is 10.3 Å². The summed E-state index contributed by atoms with van der Waals surface area (Å²) in [5, 5.41) is 7.43. The summed E-state index contributed by atoms with van der Waals surface area (Å²) in [6.07, 6.45) is 0.483. The van der Waals surface area contributed by atoms with E-state index in [4.69, 9.17) is 25.3 Å². The smallest absolute Gasteiger partial charge is 0.362 e. The van der Waals surface area contributed by atoms with Gasteiger partial charge in [0.05, 0.1) is 0 Å². The van der Waals surface area contributed by atoms with Crippen LogP contribution in [0.3, 0.4) is 0 Å². The average molecular weight is 1100 g/mol. The standard InChI is InChI=1S/C46H42N2O18S6/c1-31-9-19-37(20-10-31)67(49,50)61-35-17-27-43(63-69(53,54)39-23-13-33(3)14-24-39)45(29-35)71(57,58)65-47-41-7-5-6-8-42(41)48-66-72(59,60)46-30-36(62-68(51,52)38-21-11-32(2)12-22-38)18-28-44(46)64-70(55,56)40-25-15-34(4)16-26-40/h9-30H,5-8H2,1-4H3/b47-41+,48-42+. The van der Waals surface area contributed by atoms with Crippen molar-refractivity contribution in [3.8, 4) is 23.0 Å². The van der Waals surface area contributed by atoms with Crippen LogP contribution in [-0.2, 0) is 69.3 Å². The van der Waals surface area contributed by atoms with E-state index in [1.807, 2.05) is 0 Å². The topological polar surface area (TPSA) is 285 Å². The minimum atomic E-state index is -5.30. The van der Waals surface area contributed by atoms with Crippen LogP contribution in [0.4, 0.5) is 0 Å². The molecule has 1 aliphatic carbocycles. The van der Waals surface area contributed by atoms with Crippen molar-refractivity contribution in [2.75, 3.05) is 0 Å². The molecule has 0 atom stereocenters. The van der Waals surface area contributed by atoms with Crippen LogP contribution in [0.25, 0.3) is 0 Å². The first-order valence-electron chi connectivity index (χ1n) is 21.1. The Morgan fingerprint density at radius 3 is 0.875 bits per heavy atom. The maximum absolute atomic E-state index is 14.0. The van der Waals surface area contributed by atoms with E-state index in [0.29, 0.717) is 36.1 Å². The summed E-state index contributed by atoms with van der Waals surface area (Å²) in [4.78, 5) is -3.44. The van der Waals surface area contributed by atoms with Gasteiger partial charge in [-0.25, -0.2) is 0 Å². The molecule has 0 aliphatic heterocycles. The van der Waals surface area contributed by atoms with Gasteiger partial charge in [0.2, 0.25) is 0 Å². The zero-order valence-electron chi connectivity index (χ0n) is 38.2. The Kier molecular flexibility index (Phi) is 15.2. The molecule has 1 saturated carbocycles. The first-order valence-corrected chi connectivity index (χ1v) is 29.5. The number of benzene rings is 6. The summed E-state index contributed by atoms with van der Waals surface area (Å²) in [6, 6.07) is 26.5. The average Bonchev–Trinajstić information content (AvgIpc) is 3.31. The molecule has 20 nitrogen and oxygen atoms in total. The molecule has 7 rings (SSSR count). The zero-order chi connectivity index (χ0) is 52.3. The van der Waals surface area contributed by atoms with Gasteiger partial charge in [0.15, 0.2) is 21.3 Å². The molecule has 0 saturated heterocycles. The lowest BCUT2D eigenvalue weighted by Crippen LogP contribution is -2.22. The van der Waals surface area contributed by atoms with Crippen LogP contribution in [0.15, 0.2) is 173 Å². The maximum Gasteiger partial charge on any atom is 0.362 e. The summed E-state index contributed by atoms with van der Waals surface area (Å²) in [5.74, 6) is -2.94. The number of hydrogen-bond donors (Lipinski definition) is 0. The molecule has 6 aromatic rings. The molecular formula is C46H42N2O18S6. The third-order valence-corrected chi connectivity index (χ3v) is 17.6. The summed E-state index contributed by atoms with van der Waals surface area (Å²) in [5.41, 5.74) is 2.28. The Bertz CT molecular complexity index is 3540. The molecule has 1 fully saturated rings. The van der Waals surface area contributed by atoms with E-state index in [1.165, 1.54) is 97.1 Å². The summed E-state index contributed by atoms with van der Waals surface area (Å²) in [7, 11) is -29.3. The largest absolute Gasteiger partial charge is 0.379 e. The van der Waals surface area contributed by atoms with Crippen LogP contribution in [0, 0.1) is 27.7 Å². The molecule has 72 heavy (non-hydrogen) atoms. The molecule has 0 spiro atoms. The van der Waals surface area contributed by atoms with Crippen LogP contribution in [0.5, 0.6) is 23.0 Å². The highest BCUT2D eigenvalue weighted by Gasteiger charge is 2.32. The van der Waals surface area contributed by atoms with Gasteiger partial charge >= 0.3 is 60.7 Å². The highest BCUT2D eigenvalue weighted by atomic mass is 32.2. The van der Waals surface area contributed by atoms with Gasteiger partial charge in [0.1, 0.15) is 42.5 Å². The highest BCUT2D eigenvalue weighted by molar-refractivity contribution is 7.89. The molecule has 0 unspecified atom stereocenters. The predicted octanol–water partition coefficient (Wildman–Crippen LogP) is 7.39. The Morgan fingerprint density at radius 1 is 0.333 bits per heavy atom. The van der Waals surface area contributed by atoms with Crippen LogP contribution < -0.4 is 16.7 Å². The van der Waals surface area contributed by atoms with Crippen molar-refractivity contribution in [3.63, 3.8) is 0 Å². The van der Waals surface area contributed by atoms with Crippen LogP contribution in [0.1, 0.15) is 47.9 Å². The van der Waals surface area contributed by atoms with E-state index < -0.39 is 93.5 Å². The van der Waals surface area contributed by atoms with E-state index in [1.54, 1.807) is 27.7 Å². The minimum absolute atomic E-state index is 0.0930. The van der Waals surface area contributed by atoms with Crippen LogP contribution in [-0.4, -0.2) is 61.9 Å². The molecule has 6 aromatic carbocycles. The Morgan fingerprint density at radius 2 is 0.597 bits per heavy atom. The lowest BCUT2D eigenvalue weighted by atomic mass is 9.97. The van der Waals surface area contributed by atoms with E-state index in [0.717, 1.165) is 35.4 Å². The fourth-order valence-electron chi connectivity index (χ4n) is 6.45. The Labute approximate surface area is 417 Å². The normalized spacial score (nSPS) is 14.9. The summed E-state index contributed by atoms with van der Waals surface area (Å²) < 4.78 is 193. The highest BCUT2D eigenvalue weighted by Crippen LogP contribution is 2.36. The molecule has 0 radical (unpaired) electrons. The van der Waals surface area contributed by atoms with Crippen molar-refractivity contribution in [3.05, 3.63) is 156 Å². The lowest BCUT2D eigenvalue weighted by Gasteiger charge is -2.16. The second-order valence-electron chi connectivity index (χ2n) is 16.0. The van der Waals surface area contributed by atoms with Gasteiger partial charge in [0, 0.05) is 12.1 Å². The van der Waals surface area contributed by atoms with E-state index >= 15 is 0 Å². The first-order chi connectivity index (χ1) is 33.7. The monoisotopic (exact) mass is 1100 g/mol. The summed E-state index contributed by atoms with van der Waals surface area (Å²) in [6.45, 7) is 6.83. The summed E-state index contributed by atoms with van der Waals surface area (Å²) >= 11 is 0. The van der Waals surface area contributed by atoms with Crippen molar-refractivity contribution in [2.45, 2.75) is 82.8 Å². The molecule has 1 aliphatic rings. The van der Waals surface area contributed by atoms with Crippen molar-refractivity contribution in [1.82, 2.24) is 0 Å². The van der Waals surface area contributed by atoms with E-state index in [9.17, 15) is 50.5 Å². The molecule has 380 valence electrons. The van der Waals surface area contributed by atoms with Gasteiger partial charge < -0.3 is 16.7 Å². The Balaban J connectivity index is 1.22. The Hall–Kier alpha value is -6.84. The minimum Gasteiger partial charge on any atom is -0.379 e. The van der Waals surface area contributed by atoms with Crippen LogP contribution in [0.2, 0.25) is 0 Å². The van der Waals surface area contributed by atoms with Crippen LogP contribution >= 0.6 is 0 Å². The van der Waals surface area contributed by atoms with Crippen molar-refractivity contribution < 1.29 is 75.8 Å². The molecule has 0 amide bonds. The maximum atomic E-state index is 14.0. The molecule has 0 bridgehead atoms. The number of rotatable bonds is 18. The number of nitrogens with zero attached hydrogens (tertiary/aromatic N) is 2. The molecule has 0 aromatic heterocycles. The van der Waals surface area contributed by atoms with Crippen molar-refractivity contribution in [2.24, 2.45) is 10.3 Å². The fourth-order valence-corrected chi connectivity index (χ4v) is 12.1. The number of oxime groups is 2. The second kappa shape index (κ2) is 20.7. The second-order valence-corrected chi connectivity index (χ2v) is 25.1. The van der Waals surface area contributed by atoms with Crippen molar-refractivity contribution in [1.29, 1.82) is 0 Å². The number of hydrogen-bond acceptors (Lipinski definition) is 20. The van der Waals surface area contributed by atoms with Gasteiger partial charge in [-0.15, -0.1) is 0 Å². The third kappa shape index (κ3) is 12.8. The quantitative estimate of drug-likeness (QED) is 0.0599. The molecule has 26 heteroatoms. The van der Waals surface area contributed by atoms with Gasteiger partial charge in [-0.3, -0.25) is 8.57 Å². The molecule has 0 N–H and O–H groups in total. The SMILES string of the molecule is Cc1ccc(S(=O)(=O)Oc2ccc(OS(=O)(=O)c3ccc(C)cc3)c(S(=O)(=O)O/N=C3\CCCC\C3=N/OS(=O)(=O)c3cc(OS(=O)(=O)c4ccc(C)cc4)ccc3OS(=O)(=O)c3ccc(C)cc3)c2)cc1. The fraction of sp³-hybridized carbons (Fsp3) is 0.174. The third-order valence-electron chi connectivity index (χ3n) is 10.3. The van der Waals surface area contributed by atoms with Gasteiger partial charge in [-0.1, -0.05) is 81.1 Å². The van der Waals surface area contributed by atoms with Gasteiger partial charge in [0.25, 0.3) is 0 Å². The van der Waals surface area contributed by atoms with E-state index in [-0.39, 0.29) is 43.8 Å². The van der Waals surface area contributed by atoms with Crippen molar-refractivity contribution >= 4 is 72.1 Å². The molecular weight excluding hydrogens is 1060 g/mol. The zero-order valence-corrected chi connectivity index (χ0v) is 43.1.